The quantitative estimate of drug-likeness (QED) is 0.789. The van der Waals surface area contributed by atoms with Gasteiger partial charge in [-0.1, -0.05) is 20.8 Å². The zero-order valence-electron chi connectivity index (χ0n) is 13.0. The zero-order valence-corrected chi connectivity index (χ0v) is 13.8. The fraction of sp³-hybridized carbons (Fsp3) is 1.00. The predicted octanol–water partition coefficient (Wildman–Crippen LogP) is 1.99. The summed E-state index contributed by atoms with van der Waals surface area (Å²) in [5.41, 5.74) is 0.384. The fourth-order valence-electron chi connectivity index (χ4n) is 3.83. The van der Waals surface area contributed by atoms with Gasteiger partial charge >= 0.3 is 0 Å². The number of sulfone groups is 1. The summed E-state index contributed by atoms with van der Waals surface area (Å²) in [4.78, 5) is 0. The van der Waals surface area contributed by atoms with Crippen molar-refractivity contribution >= 4 is 9.84 Å². The Morgan fingerprint density at radius 1 is 1.30 bits per heavy atom. The molecular weight excluding hydrogens is 274 g/mol. The minimum atomic E-state index is -2.78. The number of nitrogens with one attached hydrogen (secondary N) is 1. The van der Waals surface area contributed by atoms with Gasteiger partial charge in [0.2, 0.25) is 0 Å². The summed E-state index contributed by atoms with van der Waals surface area (Å²) in [6.45, 7) is 8.38. The minimum absolute atomic E-state index is 0.130. The van der Waals surface area contributed by atoms with E-state index in [0.717, 1.165) is 31.7 Å². The van der Waals surface area contributed by atoms with E-state index >= 15 is 0 Å². The molecule has 4 nitrogen and oxygen atoms in total. The molecule has 0 amide bonds. The van der Waals surface area contributed by atoms with Crippen LogP contribution in [-0.4, -0.2) is 45.2 Å². The molecule has 1 saturated heterocycles. The smallest absolute Gasteiger partial charge is 0.151 e. The van der Waals surface area contributed by atoms with Crippen LogP contribution in [0.4, 0.5) is 0 Å². The van der Waals surface area contributed by atoms with Crippen molar-refractivity contribution in [1.29, 1.82) is 0 Å². The van der Waals surface area contributed by atoms with Gasteiger partial charge in [0.1, 0.15) is 0 Å². The second-order valence-corrected chi connectivity index (χ2v) is 9.69. The highest BCUT2D eigenvalue weighted by Crippen LogP contribution is 2.39. The van der Waals surface area contributed by atoms with E-state index in [1.165, 1.54) is 6.42 Å². The van der Waals surface area contributed by atoms with Crippen molar-refractivity contribution in [2.45, 2.75) is 58.6 Å². The van der Waals surface area contributed by atoms with Gasteiger partial charge in [-0.05, 0) is 37.0 Å². The van der Waals surface area contributed by atoms with E-state index in [0.29, 0.717) is 29.6 Å². The first kappa shape index (κ1) is 16.2. The maximum absolute atomic E-state index is 11.4. The number of hydrogen-bond acceptors (Lipinski definition) is 4. The Bertz CT molecular complexity index is 419. The lowest BCUT2D eigenvalue weighted by molar-refractivity contribution is -0.0217. The van der Waals surface area contributed by atoms with Crippen LogP contribution in [0.5, 0.6) is 0 Å². The molecule has 3 atom stereocenters. The lowest BCUT2D eigenvalue weighted by atomic mass is 9.71. The molecule has 1 heterocycles. The van der Waals surface area contributed by atoms with E-state index in [-0.39, 0.29) is 6.04 Å². The van der Waals surface area contributed by atoms with Crippen molar-refractivity contribution in [2.24, 2.45) is 11.3 Å². The molecule has 5 heteroatoms. The van der Waals surface area contributed by atoms with Gasteiger partial charge in [-0.25, -0.2) is 8.42 Å². The standard InChI is InChI=1S/C15H29NO3S/c1-12-8-14(10-15(2,3)9-12)19-6-5-16-13-4-7-20(17,18)11-13/h12-14,16H,4-11H2,1-3H3. The fourth-order valence-corrected chi connectivity index (χ4v) is 5.54. The van der Waals surface area contributed by atoms with E-state index in [2.05, 4.69) is 26.1 Å². The largest absolute Gasteiger partial charge is 0.377 e. The highest BCUT2D eigenvalue weighted by molar-refractivity contribution is 7.91. The molecule has 2 fully saturated rings. The molecule has 1 aliphatic carbocycles. The van der Waals surface area contributed by atoms with E-state index in [9.17, 15) is 8.42 Å². The molecule has 1 saturated carbocycles. The van der Waals surface area contributed by atoms with Crippen molar-refractivity contribution in [3.05, 3.63) is 0 Å². The summed E-state index contributed by atoms with van der Waals surface area (Å²) in [6.07, 6.45) is 4.68. The summed E-state index contributed by atoms with van der Waals surface area (Å²) in [5, 5.41) is 3.30. The van der Waals surface area contributed by atoms with Crippen LogP contribution >= 0.6 is 0 Å². The summed E-state index contributed by atoms with van der Waals surface area (Å²) in [6, 6.07) is 0.130. The van der Waals surface area contributed by atoms with Gasteiger partial charge in [0.05, 0.1) is 24.2 Å². The number of rotatable bonds is 5. The summed E-state index contributed by atoms with van der Waals surface area (Å²) < 4.78 is 28.7. The average molecular weight is 303 g/mol. The summed E-state index contributed by atoms with van der Waals surface area (Å²) >= 11 is 0. The monoisotopic (exact) mass is 303 g/mol. The molecule has 1 aliphatic heterocycles. The summed E-state index contributed by atoms with van der Waals surface area (Å²) in [7, 11) is -2.78. The van der Waals surface area contributed by atoms with Crippen LogP contribution in [0.25, 0.3) is 0 Å². The average Bonchev–Trinajstić information content (AvgIpc) is 2.62. The molecule has 1 N–H and O–H groups in total. The Kier molecular flexibility index (Phi) is 5.14. The lowest BCUT2D eigenvalue weighted by Crippen LogP contribution is -2.36. The van der Waals surface area contributed by atoms with E-state index < -0.39 is 9.84 Å². The molecule has 0 aromatic carbocycles. The predicted molar refractivity (Wildman–Crippen MR) is 81.6 cm³/mol. The van der Waals surface area contributed by atoms with Gasteiger partial charge < -0.3 is 10.1 Å². The summed E-state index contributed by atoms with van der Waals surface area (Å²) in [5.74, 6) is 1.36. The Hall–Kier alpha value is -0.130. The van der Waals surface area contributed by atoms with E-state index in [1.807, 2.05) is 0 Å². The highest BCUT2D eigenvalue weighted by atomic mass is 32.2. The molecule has 2 rings (SSSR count). The van der Waals surface area contributed by atoms with Gasteiger partial charge in [0.15, 0.2) is 9.84 Å². The molecular formula is C15H29NO3S. The second kappa shape index (κ2) is 6.32. The van der Waals surface area contributed by atoms with Crippen LogP contribution in [0.2, 0.25) is 0 Å². The SMILES string of the molecule is CC1CC(OCCNC2CCS(=O)(=O)C2)CC(C)(C)C1. The van der Waals surface area contributed by atoms with Gasteiger partial charge in [-0.2, -0.15) is 0 Å². The Balaban J connectivity index is 1.64. The van der Waals surface area contributed by atoms with Gasteiger partial charge in [0.25, 0.3) is 0 Å². The minimum Gasteiger partial charge on any atom is -0.377 e. The third kappa shape index (κ3) is 5.01. The zero-order chi connectivity index (χ0) is 14.8. The molecule has 118 valence electrons. The number of ether oxygens (including phenoxy) is 1. The highest BCUT2D eigenvalue weighted by Gasteiger charge is 2.32. The second-order valence-electron chi connectivity index (χ2n) is 7.46. The van der Waals surface area contributed by atoms with Gasteiger partial charge in [0, 0.05) is 12.6 Å². The van der Waals surface area contributed by atoms with Crippen molar-refractivity contribution in [3.63, 3.8) is 0 Å². The first-order chi connectivity index (χ1) is 9.26. The lowest BCUT2D eigenvalue weighted by Gasteiger charge is -2.38. The molecule has 0 aromatic rings. The number of hydrogen-bond donors (Lipinski definition) is 1. The van der Waals surface area contributed by atoms with Crippen LogP contribution in [0.3, 0.4) is 0 Å². The van der Waals surface area contributed by atoms with Gasteiger partial charge in [-0.15, -0.1) is 0 Å². The molecule has 20 heavy (non-hydrogen) atoms. The van der Waals surface area contributed by atoms with Crippen LogP contribution in [-0.2, 0) is 14.6 Å². The topological polar surface area (TPSA) is 55.4 Å². The molecule has 0 spiro atoms. The Morgan fingerprint density at radius 3 is 2.65 bits per heavy atom. The van der Waals surface area contributed by atoms with Crippen LogP contribution < -0.4 is 5.32 Å². The van der Waals surface area contributed by atoms with E-state index in [1.54, 1.807) is 0 Å². The third-order valence-corrected chi connectivity index (χ3v) is 6.24. The van der Waals surface area contributed by atoms with Crippen LogP contribution in [0, 0.1) is 11.3 Å². The van der Waals surface area contributed by atoms with Crippen molar-refractivity contribution in [2.75, 3.05) is 24.7 Å². The molecule has 2 aliphatic rings. The van der Waals surface area contributed by atoms with Crippen molar-refractivity contribution in [1.82, 2.24) is 5.32 Å². The molecule has 0 bridgehead atoms. The van der Waals surface area contributed by atoms with Crippen molar-refractivity contribution < 1.29 is 13.2 Å². The van der Waals surface area contributed by atoms with Gasteiger partial charge in [-0.3, -0.25) is 0 Å². The first-order valence-corrected chi connectivity index (χ1v) is 9.63. The first-order valence-electron chi connectivity index (χ1n) is 7.81. The van der Waals surface area contributed by atoms with Crippen molar-refractivity contribution in [3.8, 4) is 0 Å². The normalized spacial score (nSPS) is 36.0. The van der Waals surface area contributed by atoms with Crippen LogP contribution in [0.15, 0.2) is 0 Å². The maximum Gasteiger partial charge on any atom is 0.151 e. The molecule has 0 aromatic heterocycles. The third-order valence-electron chi connectivity index (χ3n) is 4.47. The molecule has 0 radical (unpaired) electrons. The molecule has 3 unspecified atom stereocenters. The van der Waals surface area contributed by atoms with Crippen LogP contribution in [0.1, 0.15) is 46.5 Å². The maximum atomic E-state index is 11.4. The van der Waals surface area contributed by atoms with E-state index in [4.69, 9.17) is 4.74 Å². The Morgan fingerprint density at radius 2 is 2.05 bits per heavy atom. The Labute approximate surface area is 123 Å².